The van der Waals surface area contributed by atoms with Gasteiger partial charge in [0.05, 0.1) is 24.0 Å². The molecule has 3 aromatic rings. The topological polar surface area (TPSA) is 72.2 Å². The molecule has 0 aliphatic rings. The van der Waals surface area contributed by atoms with Crippen LogP contribution in [-0.4, -0.2) is 20.9 Å². The Morgan fingerprint density at radius 1 is 1.17 bits per heavy atom. The molecule has 1 aromatic heterocycles. The van der Waals surface area contributed by atoms with Crippen LogP contribution in [0.25, 0.3) is 10.8 Å². The van der Waals surface area contributed by atoms with Crippen molar-refractivity contribution in [3.8, 4) is 0 Å². The third kappa shape index (κ3) is 3.00. The number of carboxylic acid groups (broad SMARTS) is 1. The molecule has 7 heteroatoms. The van der Waals surface area contributed by atoms with Crippen molar-refractivity contribution in [3.05, 3.63) is 74.9 Å². The van der Waals surface area contributed by atoms with Crippen molar-refractivity contribution in [2.75, 3.05) is 0 Å². The van der Waals surface area contributed by atoms with Gasteiger partial charge >= 0.3 is 5.97 Å². The van der Waals surface area contributed by atoms with Gasteiger partial charge in [-0.2, -0.15) is 5.10 Å². The minimum atomic E-state index is -1.07. The van der Waals surface area contributed by atoms with Crippen LogP contribution in [0.2, 0.25) is 5.02 Å². The van der Waals surface area contributed by atoms with E-state index in [1.165, 1.54) is 18.2 Å². The highest BCUT2D eigenvalue weighted by molar-refractivity contribution is 6.31. The van der Waals surface area contributed by atoms with Crippen LogP contribution in [0.4, 0.5) is 4.39 Å². The first kappa shape index (κ1) is 16.1. The van der Waals surface area contributed by atoms with E-state index in [-0.39, 0.29) is 29.2 Å². The van der Waals surface area contributed by atoms with E-state index in [2.05, 4.69) is 5.10 Å². The van der Waals surface area contributed by atoms with Crippen molar-refractivity contribution >= 4 is 28.3 Å². The third-order valence-corrected chi connectivity index (χ3v) is 3.99. The summed E-state index contributed by atoms with van der Waals surface area (Å²) in [6.07, 6.45) is -0.341. The fraction of sp³-hybridized carbons (Fsp3) is 0.118. The number of halogens is 2. The summed E-state index contributed by atoms with van der Waals surface area (Å²) in [5.41, 5.74) is -0.0606. The second-order valence-corrected chi connectivity index (χ2v) is 5.63. The van der Waals surface area contributed by atoms with Crippen LogP contribution in [0.5, 0.6) is 0 Å². The number of carbonyl (C=O) groups is 1. The first-order chi connectivity index (χ1) is 11.5. The normalized spacial score (nSPS) is 10.9. The van der Waals surface area contributed by atoms with Gasteiger partial charge in [-0.1, -0.05) is 35.9 Å². The molecule has 3 rings (SSSR count). The smallest absolute Gasteiger partial charge is 0.309 e. The largest absolute Gasteiger partial charge is 0.481 e. The average Bonchev–Trinajstić information content (AvgIpc) is 2.54. The van der Waals surface area contributed by atoms with Gasteiger partial charge in [0.15, 0.2) is 0 Å². The summed E-state index contributed by atoms with van der Waals surface area (Å²) in [6, 6.07) is 10.8. The maximum atomic E-state index is 14.0. The molecule has 0 amide bonds. The summed E-state index contributed by atoms with van der Waals surface area (Å²) in [7, 11) is 0. The first-order valence-corrected chi connectivity index (χ1v) is 7.48. The number of carboxylic acids is 1. The van der Waals surface area contributed by atoms with Crippen LogP contribution in [0, 0.1) is 5.82 Å². The number of benzene rings is 2. The van der Waals surface area contributed by atoms with E-state index in [0.717, 1.165) is 4.68 Å². The van der Waals surface area contributed by atoms with Crippen LogP contribution in [0.1, 0.15) is 11.3 Å². The molecule has 0 aliphatic heterocycles. The van der Waals surface area contributed by atoms with Gasteiger partial charge in [-0.15, -0.1) is 0 Å². The Kier molecular flexibility index (Phi) is 4.31. The molecule has 1 heterocycles. The maximum Gasteiger partial charge on any atom is 0.309 e. The van der Waals surface area contributed by atoms with E-state index in [1.54, 1.807) is 24.3 Å². The first-order valence-electron chi connectivity index (χ1n) is 7.11. The molecule has 0 aliphatic carbocycles. The molecule has 122 valence electrons. The third-order valence-electron chi connectivity index (χ3n) is 3.63. The zero-order chi connectivity index (χ0) is 17.3. The molecule has 0 saturated carbocycles. The van der Waals surface area contributed by atoms with E-state index >= 15 is 0 Å². The molecule has 0 spiro atoms. The van der Waals surface area contributed by atoms with Crippen LogP contribution in [0.15, 0.2) is 47.3 Å². The van der Waals surface area contributed by atoms with Crippen molar-refractivity contribution in [2.45, 2.75) is 13.0 Å². The lowest BCUT2D eigenvalue weighted by atomic mass is 10.1. The molecule has 2 aromatic carbocycles. The Bertz CT molecular complexity index is 981. The summed E-state index contributed by atoms with van der Waals surface area (Å²) in [5.74, 6) is -1.62. The summed E-state index contributed by atoms with van der Waals surface area (Å²) in [6.45, 7) is -0.179. The zero-order valence-electron chi connectivity index (χ0n) is 12.4. The van der Waals surface area contributed by atoms with E-state index in [1.807, 2.05) is 0 Å². The molecular formula is C17H12ClFN2O3. The average molecular weight is 347 g/mol. The van der Waals surface area contributed by atoms with Crippen molar-refractivity contribution in [1.82, 2.24) is 9.78 Å². The molecule has 0 radical (unpaired) electrons. The number of hydrogen-bond donors (Lipinski definition) is 1. The molecule has 24 heavy (non-hydrogen) atoms. The van der Waals surface area contributed by atoms with Crippen LogP contribution >= 0.6 is 11.6 Å². The van der Waals surface area contributed by atoms with Crippen LogP contribution in [-0.2, 0) is 17.8 Å². The number of hydrogen-bond acceptors (Lipinski definition) is 3. The van der Waals surface area contributed by atoms with Crippen molar-refractivity contribution in [3.63, 3.8) is 0 Å². The van der Waals surface area contributed by atoms with Gasteiger partial charge in [0.1, 0.15) is 5.82 Å². The molecule has 1 N–H and O–H groups in total. The van der Waals surface area contributed by atoms with E-state index in [9.17, 15) is 14.0 Å². The van der Waals surface area contributed by atoms with Gasteiger partial charge in [-0.05, 0) is 18.2 Å². The van der Waals surface area contributed by atoms with Crippen molar-refractivity contribution < 1.29 is 14.3 Å². The summed E-state index contributed by atoms with van der Waals surface area (Å²) in [4.78, 5) is 23.6. The Morgan fingerprint density at radius 3 is 2.54 bits per heavy atom. The second kappa shape index (κ2) is 6.41. The van der Waals surface area contributed by atoms with Gasteiger partial charge in [0, 0.05) is 16.0 Å². The minimum Gasteiger partial charge on any atom is -0.481 e. The zero-order valence-corrected chi connectivity index (χ0v) is 13.1. The number of aromatic nitrogens is 2. The second-order valence-electron chi connectivity index (χ2n) is 5.23. The Morgan fingerprint density at radius 2 is 1.88 bits per heavy atom. The Labute approximate surface area is 140 Å². The lowest BCUT2D eigenvalue weighted by Crippen LogP contribution is -2.26. The van der Waals surface area contributed by atoms with Crippen LogP contribution < -0.4 is 5.56 Å². The quantitative estimate of drug-likeness (QED) is 0.788. The lowest BCUT2D eigenvalue weighted by molar-refractivity contribution is -0.136. The molecular weight excluding hydrogens is 335 g/mol. The fourth-order valence-corrected chi connectivity index (χ4v) is 2.74. The van der Waals surface area contributed by atoms with Crippen molar-refractivity contribution in [1.29, 1.82) is 0 Å². The SMILES string of the molecule is O=C(O)Cc1nn(Cc2c(F)cccc2Cl)c(=O)c2ccccc12. The van der Waals surface area contributed by atoms with Gasteiger partial charge in [0.25, 0.3) is 5.56 Å². The summed E-state index contributed by atoms with van der Waals surface area (Å²) < 4.78 is 15.0. The predicted octanol–water partition coefficient (Wildman–Crippen LogP) is 2.86. The monoisotopic (exact) mass is 346 g/mol. The highest BCUT2D eigenvalue weighted by Gasteiger charge is 2.15. The number of rotatable bonds is 4. The van der Waals surface area contributed by atoms with Crippen molar-refractivity contribution in [2.24, 2.45) is 0 Å². The van der Waals surface area contributed by atoms with Crippen LogP contribution in [0.3, 0.4) is 0 Å². The fourth-order valence-electron chi connectivity index (χ4n) is 2.52. The Hall–Kier alpha value is -2.73. The van der Waals surface area contributed by atoms with Gasteiger partial charge in [-0.3, -0.25) is 9.59 Å². The minimum absolute atomic E-state index is 0.130. The van der Waals surface area contributed by atoms with Gasteiger partial charge in [0.2, 0.25) is 0 Å². The van der Waals surface area contributed by atoms with E-state index < -0.39 is 17.3 Å². The standard InChI is InChI=1S/C17H12ClFN2O3/c18-13-6-3-7-14(19)12(13)9-21-17(24)11-5-2-1-4-10(11)15(20-21)8-16(22)23/h1-7H,8-9H2,(H,22,23). The highest BCUT2D eigenvalue weighted by atomic mass is 35.5. The number of fused-ring (bicyclic) bond motifs is 1. The van der Waals surface area contributed by atoms with E-state index in [4.69, 9.17) is 16.7 Å². The predicted molar refractivity (Wildman–Crippen MR) is 87.9 cm³/mol. The number of aliphatic carboxylic acids is 1. The lowest BCUT2D eigenvalue weighted by Gasteiger charge is -2.11. The maximum absolute atomic E-state index is 14.0. The molecule has 0 unspecified atom stereocenters. The molecule has 0 saturated heterocycles. The molecule has 5 nitrogen and oxygen atoms in total. The van der Waals surface area contributed by atoms with Gasteiger partial charge < -0.3 is 5.11 Å². The molecule has 0 fully saturated rings. The molecule has 0 bridgehead atoms. The summed E-state index contributed by atoms with van der Waals surface area (Å²) >= 11 is 6.00. The summed E-state index contributed by atoms with van der Waals surface area (Å²) in [5, 5.41) is 14.2. The highest BCUT2D eigenvalue weighted by Crippen LogP contribution is 2.20. The number of nitrogens with zero attached hydrogens (tertiary/aromatic N) is 2. The molecule has 0 atom stereocenters. The van der Waals surface area contributed by atoms with E-state index in [0.29, 0.717) is 10.8 Å². The Balaban J connectivity index is 2.19. The van der Waals surface area contributed by atoms with Gasteiger partial charge in [-0.25, -0.2) is 9.07 Å².